The van der Waals surface area contributed by atoms with Crippen molar-refractivity contribution in [3.8, 4) is 0 Å². The van der Waals surface area contributed by atoms with Crippen LogP contribution in [0.2, 0.25) is 0 Å². The molecule has 1 saturated carbocycles. The summed E-state index contributed by atoms with van der Waals surface area (Å²) in [7, 11) is 2.02. The molecular weight excluding hydrogens is 188 g/mol. The van der Waals surface area contributed by atoms with E-state index < -0.39 is 0 Å². The molecule has 0 aromatic heterocycles. The van der Waals surface area contributed by atoms with Gasteiger partial charge in [-0.3, -0.25) is 4.79 Å². The Bertz CT molecular complexity index is 238. The number of likely N-dealkylation sites (tertiary alicyclic amines) is 1. The van der Waals surface area contributed by atoms with E-state index >= 15 is 0 Å². The highest BCUT2D eigenvalue weighted by molar-refractivity contribution is 5.79. The highest BCUT2D eigenvalue weighted by Crippen LogP contribution is 2.29. The summed E-state index contributed by atoms with van der Waals surface area (Å²) >= 11 is 0. The number of nitrogens with one attached hydrogen (secondary N) is 1. The fraction of sp³-hybridized carbons (Fsp3) is 0.917. The molecule has 0 bridgehead atoms. The molecule has 1 saturated heterocycles. The van der Waals surface area contributed by atoms with Gasteiger partial charge in [-0.25, -0.2) is 0 Å². The molecule has 1 amide bonds. The zero-order chi connectivity index (χ0) is 10.8. The van der Waals surface area contributed by atoms with Crippen LogP contribution in [0.15, 0.2) is 0 Å². The van der Waals surface area contributed by atoms with E-state index in [0.717, 1.165) is 32.4 Å². The van der Waals surface area contributed by atoms with Crippen LogP contribution in [0.1, 0.15) is 32.6 Å². The standard InChI is InChI=1S/C12H22N2O/c1-9-8-14(7-6-11(9)13-2)12(15)10-4-3-5-10/h9-11,13H,3-8H2,1-2H3. The highest BCUT2D eigenvalue weighted by atomic mass is 16.2. The Hall–Kier alpha value is -0.570. The van der Waals surface area contributed by atoms with Crippen LogP contribution in [0.5, 0.6) is 0 Å². The van der Waals surface area contributed by atoms with Gasteiger partial charge in [0.05, 0.1) is 0 Å². The number of carbonyl (C=O) groups is 1. The molecule has 2 atom stereocenters. The Morgan fingerprint density at radius 2 is 2.07 bits per heavy atom. The monoisotopic (exact) mass is 210 g/mol. The third-order valence-corrected chi connectivity index (χ3v) is 4.04. The first-order chi connectivity index (χ1) is 7.22. The van der Waals surface area contributed by atoms with Gasteiger partial charge in [0.2, 0.25) is 5.91 Å². The second kappa shape index (κ2) is 4.52. The van der Waals surface area contributed by atoms with Crippen molar-refractivity contribution >= 4 is 5.91 Å². The van der Waals surface area contributed by atoms with Gasteiger partial charge >= 0.3 is 0 Å². The fourth-order valence-electron chi connectivity index (χ4n) is 2.69. The van der Waals surface area contributed by atoms with Gasteiger partial charge in [-0.2, -0.15) is 0 Å². The van der Waals surface area contributed by atoms with Crippen molar-refractivity contribution in [3.05, 3.63) is 0 Å². The van der Waals surface area contributed by atoms with Gasteiger partial charge in [-0.15, -0.1) is 0 Å². The van der Waals surface area contributed by atoms with Crippen molar-refractivity contribution in [1.29, 1.82) is 0 Å². The summed E-state index contributed by atoms with van der Waals surface area (Å²) in [5.74, 6) is 1.37. The van der Waals surface area contributed by atoms with Crippen LogP contribution < -0.4 is 5.32 Å². The van der Waals surface area contributed by atoms with Crippen LogP contribution in [0.25, 0.3) is 0 Å². The van der Waals surface area contributed by atoms with Gasteiger partial charge in [0, 0.05) is 25.0 Å². The number of amides is 1. The number of hydrogen-bond acceptors (Lipinski definition) is 2. The lowest BCUT2D eigenvalue weighted by Crippen LogP contribution is -2.51. The van der Waals surface area contributed by atoms with Gasteiger partial charge in [-0.1, -0.05) is 13.3 Å². The van der Waals surface area contributed by atoms with Crippen LogP contribution in [-0.2, 0) is 4.79 Å². The SMILES string of the molecule is CNC1CCN(C(=O)C2CCC2)CC1C. The lowest BCUT2D eigenvalue weighted by atomic mass is 9.83. The molecule has 86 valence electrons. The van der Waals surface area contributed by atoms with Crippen molar-refractivity contribution in [2.45, 2.75) is 38.6 Å². The maximum absolute atomic E-state index is 12.0. The van der Waals surface area contributed by atoms with Crippen LogP contribution in [0, 0.1) is 11.8 Å². The van der Waals surface area contributed by atoms with Gasteiger partial charge in [-0.05, 0) is 32.2 Å². The van der Waals surface area contributed by atoms with E-state index in [1.54, 1.807) is 0 Å². The Kier molecular flexibility index (Phi) is 3.29. The van der Waals surface area contributed by atoms with E-state index in [4.69, 9.17) is 0 Å². The average Bonchev–Trinajstić information content (AvgIpc) is 2.15. The molecule has 1 N–H and O–H groups in total. The Balaban J connectivity index is 1.87. The zero-order valence-corrected chi connectivity index (χ0v) is 9.83. The van der Waals surface area contributed by atoms with Crippen molar-refractivity contribution in [1.82, 2.24) is 10.2 Å². The highest BCUT2D eigenvalue weighted by Gasteiger charge is 2.33. The Morgan fingerprint density at radius 3 is 2.53 bits per heavy atom. The van der Waals surface area contributed by atoms with Gasteiger partial charge in [0.1, 0.15) is 0 Å². The molecular formula is C12H22N2O. The van der Waals surface area contributed by atoms with Gasteiger partial charge < -0.3 is 10.2 Å². The largest absolute Gasteiger partial charge is 0.342 e. The average molecular weight is 210 g/mol. The number of piperidine rings is 1. The molecule has 2 unspecified atom stereocenters. The first-order valence-corrected chi connectivity index (χ1v) is 6.18. The third kappa shape index (κ3) is 2.17. The molecule has 0 spiro atoms. The maximum Gasteiger partial charge on any atom is 0.225 e. The lowest BCUT2D eigenvalue weighted by Gasteiger charge is -2.39. The lowest BCUT2D eigenvalue weighted by molar-refractivity contribution is -0.140. The van der Waals surface area contributed by atoms with E-state index in [1.165, 1.54) is 6.42 Å². The predicted molar refractivity (Wildman–Crippen MR) is 60.5 cm³/mol. The van der Waals surface area contributed by atoms with Crippen LogP contribution in [0.3, 0.4) is 0 Å². The number of carbonyl (C=O) groups excluding carboxylic acids is 1. The molecule has 1 aliphatic carbocycles. The normalized spacial score (nSPS) is 32.5. The van der Waals surface area contributed by atoms with Crippen LogP contribution in [-0.4, -0.2) is 37.0 Å². The van der Waals surface area contributed by atoms with E-state index in [1.807, 2.05) is 7.05 Å². The van der Waals surface area contributed by atoms with Gasteiger partial charge in [0.25, 0.3) is 0 Å². The molecule has 15 heavy (non-hydrogen) atoms. The number of hydrogen-bond donors (Lipinski definition) is 1. The van der Waals surface area contributed by atoms with E-state index in [9.17, 15) is 4.79 Å². The van der Waals surface area contributed by atoms with E-state index in [0.29, 0.717) is 23.8 Å². The molecule has 1 aliphatic heterocycles. The molecule has 3 nitrogen and oxygen atoms in total. The van der Waals surface area contributed by atoms with Crippen LogP contribution >= 0.6 is 0 Å². The van der Waals surface area contributed by atoms with Crippen molar-refractivity contribution < 1.29 is 4.79 Å². The second-order valence-corrected chi connectivity index (χ2v) is 5.07. The molecule has 2 rings (SSSR count). The molecule has 1 heterocycles. The number of nitrogens with zero attached hydrogens (tertiary/aromatic N) is 1. The third-order valence-electron chi connectivity index (χ3n) is 4.04. The summed E-state index contributed by atoms with van der Waals surface area (Å²) in [6, 6.07) is 0.593. The minimum Gasteiger partial charge on any atom is -0.342 e. The van der Waals surface area contributed by atoms with E-state index in [-0.39, 0.29) is 0 Å². The first kappa shape index (κ1) is 10.9. The molecule has 2 fully saturated rings. The van der Waals surface area contributed by atoms with Crippen LogP contribution in [0.4, 0.5) is 0 Å². The Morgan fingerprint density at radius 1 is 1.33 bits per heavy atom. The fourth-order valence-corrected chi connectivity index (χ4v) is 2.69. The van der Waals surface area contributed by atoms with Crippen molar-refractivity contribution in [2.24, 2.45) is 11.8 Å². The topological polar surface area (TPSA) is 32.3 Å². The summed E-state index contributed by atoms with van der Waals surface area (Å²) in [6.07, 6.45) is 4.60. The summed E-state index contributed by atoms with van der Waals surface area (Å²) in [5, 5.41) is 3.33. The maximum atomic E-state index is 12.0. The molecule has 3 heteroatoms. The minimum atomic E-state index is 0.364. The summed E-state index contributed by atoms with van der Waals surface area (Å²) in [5.41, 5.74) is 0. The van der Waals surface area contributed by atoms with E-state index in [2.05, 4.69) is 17.1 Å². The quantitative estimate of drug-likeness (QED) is 0.744. The molecule has 0 aromatic carbocycles. The van der Waals surface area contributed by atoms with Crippen molar-refractivity contribution in [3.63, 3.8) is 0 Å². The predicted octanol–water partition coefficient (Wildman–Crippen LogP) is 1.24. The summed E-state index contributed by atoms with van der Waals surface area (Å²) in [4.78, 5) is 14.1. The molecule has 0 radical (unpaired) electrons. The summed E-state index contributed by atoms with van der Waals surface area (Å²) < 4.78 is 0. The zero-order valence-electron chi connectivity index (χ0n) is 9.83. The summed E-state index contributed by atoms with van der Waals surface area (Å²) in [6.45, 7) is 4.13. The van der Waals surface area contributed by atoms with Crippen molar-refractivity contribution in [2.75, 3.05) is 20.1 Å². The second-order valence-electron chi connectivity index (χ2n) is 5.07. The molecule has 2 aliphatic rings. The number of rotatable bonds is 2. The smallest absolute Gasteiger partial charge is 0.225 e. The minimum absolute atomic E-state index is 0.364. The van der Waals surface area contributed by atoms with Gasteiger partial charge in [0.15, 0.2) is 0 Å². The Labute approximate surface area is 92.2 Å². The first-order valence-electron chi connectivity index (χ1n) is 6.18. The molecule has 0 aromatic rings.